The van der Waals surface area contributed by atoms with Crippen molar-refractivity contribution in [3.63, 3.8) is 0 Å². The number of carbonyl (C=O) groups excluding carboxylic acids is 1. The second kappa shape index (κ2) is 7.70. The summed E-state index contributed by atoms with van der Waals surface area (Å²) in [5.74, 6) is -0.0266. The van der Waals surface area contributed by atoms with Crippen molar-refractivity contribution in [2.24, 2.45) is 0 Å². The van der Waals surface area contributed by atoms with E-state index in [1.807, 2.05) is 37.2 Å². The number of fused-ring (bicyclic) bond motifs is 1. The molecule has 3 rings (SSSR count). The van der Waals surface area contributed by atoms with Crippen molar-refractivity contribution in [1.29, 1.82) is 0 Å². The Hall–Kier alpha value is -2.38. The molecule has 2 aromatic rings. The fourth-order valence-corrected chi connectivity index (χ4v) is 4.77. The van der Waals surface area contributed by atoms with Gasteiger partial charge in [-0.2, -0.15) is 0 Å². The number of carbonyl (C=O) groups is 1. The zero-order chi connectivity index (χ0) is 19.6. The number of benzene rings is 2. The van der Waals surface area contributed by atoms with Crippen LogP contribution in [-0.2, 0) is 21.2 Å². The first-order valence-corrected chi connectivity index (χ1v) is 10.4. The Labute approximate surface area is 161 Å². The van der Waals surface area contributed by atoms with E-state index in [4.69, 9.17) is 0 Å². The maximum atomic E-state index is 13.4. The van der Waals surface area contributed by atoms with E-state index in [-0.39, 0.29) is 10.8 Å². The van der Waals surface area contributed by atoms with E-state index in [1.54, 1.807) is 35.2 Å². The van der Waals surface area contributed by atoms with Crippen molar-refractivity contribution in [3.8, 4) is 0 Å². The average molecular weight is 388 g/mol. The number of hydrogen-bond donors (Lipinski definition) is 0. The van der Waals surface area contributed by atoms with E-state index < -0.39 is 10.0 Å². The summed E-state index contributed by atoms with van der Waals surface area (Å²) in [6.07, 6.45) is 0.668. The molecule has 0 aliphatic carbocycles. The maximum Gasteiger partial charge on any atom is 0.264 e. The van der Waals surface area contributed by atoms with Gasteiger partial charge in [0.05, 0.1) is 10.6 Å². The van der Waals surface area contributed by atoms with Crippen LogP contribution in [0.1, 0.15) is 12.5 Å². The van der Waals surface area contributed by atoms with Crippen molar-refractivity contribution >= 4 is 27.3 Å². The van der Waals surface area contributed by atoms with E-state index in [2.05, 4.69) is 0 Å². The Bertz CT molecular complexity index is 927. The third-order valence-electron chi connectivity index (χ3n) is 4.71. The number of likely N-dealkylation sites (N-methyl/N-ethyl adjacent to an activating group) is 1. The van der Waals surface area contributed by atoms with Gasteiger partial charge in [0.1, 0.15) is 0 Å². The predicted octanol–water partition coefficient (Wildman–Crippen LogP) is 2.35. The van der Waals surface area contributed by atoms with E-state index in [1.165, 1.54) is 11.2 Å². The maximum absolute atomic E-state index is 13.4. The number of para-hydroxylation sites is 1. The molecule has 0 unspecified atom stereocenters. The van der Waals surface area contributed by atoms with Crippen LogP contribution in [0.4, 0.5) is 11.4 Å². The molecule has 1 heterocycles. The van der Waals surface area contributed by atoms with Gasteiger partial charge in [-0.3, -0.25) is 9.10 Å². The highest BCUT2D eigenvalue weighted by Gasteiger charge is 2.28. The Kier molecular flexibility index (Phi) is 5.53. The van der Waals surface area contributed by atoms with Gasteiger partial charge in [0, 0.05) is 32.2 Å². The molecular weight excluding hydrogens is 362 g/mol. The van der Waals surface area contributed by atoms with Gasteiger partial charge in [-0.15, -0.1) is 0 Å². The summed E-state index contributed by atoms with van der Waals surface area (Å²) in [6, 6.07) is 14.2. The zero-order valence-electron chi connectivity index (χ0n) is 15.9. The van der Waals surface area contributed by atoms with Crippen LogP contribution in [0, 0.1) is 0 Å². The van der Waals surface area contributed by atoms with E-state index in [0.29, 0.717) is 31.7 Å². The monoisotopic (exact) mass is 387 g/mol. The molecule has 2 aromatic carbocycles. The first-order chi connectivity index (χ1) is 12.8. The van der Waals surface area contributed by atoms with E-state index in [9.17, 15) is 13.2 Å². The minimum atomic E-state index is -3.71. The summed E-state index contributed by atoms with van der Waals surface area (Å²) in [5.41, 5.74) is 2.35. The van der Waals surface area contributed by atoms with Crippen molar-refractivity contribution in [3.05, 3.63) is 54.1 Å². The van der Waals surface area contributed by atoms with Gasteiger partial charge in [0.25, 0.3) is 10.0 Å². The van der Waals surface area contributed by atoms with Crippen LogP contribution >= 0.6 is 0 Å². The molecule has 0 bridgehead atoms. The molecule has 27 heavy (non-hydrogen) atoms. The SMILES string of the molecule is CC(=O)N1CCc2cc(S(=O)(=O)N(CCN(C)C)c3ccccc3)ccc21. The van der Waals surface area contributed by atoms with Gasteiger partial charge in [-0.25, -0.2) is 8.42 Å². The van der Waals surface area contributed by atoms with Gasteiger partial charge in [-0.1, -0.05) is 18.2 Å². The first kappa shape index (κ1) is 19.4. The Morgan fingerprint density at radius 2 is 1.78 bits per heavy atom. The summed E-state index contributed by atoms with van der Waals surface area (Å²) in [6.45, 7) is 3.09. The number of amides is 1. The fraction of sp³-hybridized carbons (Fsp3) is 0.350. The van der Waals surface area contributed by atoms with E-state index >= 15 is 0 Å². The van der Waals surface area contributed by atoms with Crippen LogP contribution in [0.2, 0.25) is 0 Å². The quantitative estimate of drug-likeness (QED) is 0.763. The zero-order valence-corrected chi connectivity index (χ0v) is 16.7. The Morgan fingerprint density at radius 3 is 2.41 bits per heavy atom. The molecule has 0 N–H and O–H groups in total. The molecule has 1 aliphatic heterocycles. The smallest absolute Gasteiger partial charge is 0.264 e. The molecule has 0 saturated heterocycles. The largest absolute Gasteiger partial charge is 0.312 e. The molecule has 144 valence electrons. The fourth-order valence-electron chi connectivity index (χ4n) is 3.27. The van der Waals surface area contributed by atoms with Crippen LogP contribution in [0.5, 0.6) is 0 Å². The minimum absolute atomic E-state index is 0.0266. The number of sulfonamides is 1. The molecule has 0 atom stereocenters. The predicted molar refractivity (Wildman–Crippen MR) is 108 cm³/mol. The molecule has 0 spiro atoms. The molecule has 0 aromatic heterocycles. The van der Waals surface area contributed by atoms with Crippen molar-refractivity contribution < 1.29 is 13.2 Å². The van der Waals surface area contributed by atoms with Crippen LogP contribution in [0.25, 0.3) is 0 Å². The molecule has 7 heteroatoms. The van der Waals surface area contributed by atoms with Crippen molar-refractivity contribution in [2.45, 2.75) is 18.2 Å². The van der Waals surface area contributed by atoms with Gasteiger partial charge in [0.15, 0.2) is 0 Å². The summed E-state index contributed by atoms with van der Waals surface area (Å²) in [5, 5.41) is 0. The van der Waals surface area contributed by atoms with Crippen molar-refractivity contribution in [2.75, 3.05) is 42.9 Å². The van der Waals surface area contributed by atoms with Crippen LogP contribution in [0.3, 0.4) is 0 Å². The lowest BCUT2D eigenvalue weighted by molar-refractivity contribution is -0.116. The van der Waals surface area contributed by atoms with Crippen molar-refractivity contribution in [1.82, 2.24) is 4.90 Å². The Balaban J connectivity index is 1.98. The van der Waals surface area contributed by atoms with Crippen LogP contribution in [-0.4, -0.2) is 53.0 Å². The molecule has 0 radical (unpaired) electrons. The van der Waals surface area contributed by atoms with Crippen LogP contribution < -0.4 is 9.21 Å². The average Bonchev–Trinajstić information content (AvgIpc) is 3.06. The normalized spacial score (nSPS) is 13.7. The molecule has 0 saturated carbocycles. The summed E-state index contributed by atoms with van der Waals surface area (Å²) in [4.78, 5) is 15.6. The van der Waals surface area contributed by atoms with Gasteiger partial charge >= 0.3 is 0 Å². The third kappa shape index (κ3) is 3.99. The highest BCUT2D eigenvalue weighted by atomic mass is 32.2. The summed E-state index contributed by atoms with van der Waals surface area (Å²) < 4.78 is 28.2. The Morgan fingerprint density at radius 1 is 1.07 bits per heavy atom. The lowest BCUT2D eigenvalue weighted by Gasteiger charge is -2.26. The number of nitrogens with zero attached hydrogens (tertiary/aromatic N) is 3. The first-order valence-electron chi connectivity index (χ1n) is 8.94. The summed E-state index contributed by atoms with van der Waals surface area (Å²) in [7, 11) is 0.131. The lowest BCUT2D eigenvalue weighted by atomic mass is 10.2. The molecular formula is C20H25N3O3S. The number of hydrogen-bond acceptors (Lipinski definition) is 4. The highest BCUT2D eigenvalue weighted by molar-refractivity contribution is 7.92. The molecule has 0 fully saturated rings. The van der Waals surface area contributed by atoms with Gasteiger partial charge < -0.3 is 9.80 Å². The summed E-state index contributed by atoms with van der Waals surface area (Å²) >= 11 is 0. The molecule has 1 amide bonds. The van der Waals surface area contributed by atoms with Gasteiger partial charge in [-0.05, 0) is 56.4 Å². The van der Waals surface area contributed by atoms with Gasteiger partial charge in [0.2, 0.25) is 5.91 Å². The highest BCUT2D eigenvalue weighted by Crippen LogP contribution is 2.32. The van der Waals surface area contributed by atoms with E-state index in [0.717, 1.165) is 11.3 Å². The van der Waals surface area contributed by atoms with Crippen LogP contribution in [0.15, 0.2) is 53.4 Å². The second-order valence-electron chi connectivity index (χ2n) is 6.93. The standard InChI is InChI=1S/C20H25N3O3S/c1-16(24)22-12-11-17-15-19(9-10-20(17)22)27(25,26)23(14-13-21(2)3)18-7-5-4-6-8-18/h4-10,15H,11-14H2,1-3H3. The lowest BCUT2D eigenvalue weighted by Crippen LogP contribution is -2.36. The third-order valence-corrected chi connectivity index (χ3v) is 6.53. The number of anilines is 2. The number of rotatable bonds is 6. The topological polar surface area (TPSA) is 60.9 Å². The minimum Gasteiger partial charge on any atom is -0.312 e. The molecule has 1 aliphatic rings. The second-order valence-corrected chi connectivity index (χ2v) is 8.79. The molecule has 6 nitrogen and oxygen atoms in total.